The molecule has 0 saturated carbocycles. The average molecular weight is 466 g/mol. The smallest absolute Gasteiger partial charge is 0.370 e. The lowest BCUT2D eigenvalue weighted by Crippen LogP contribution is -2.26. The van der Waals surface area contributed by atoms with Gasteiger partial charge in [-0.1, -0.05) is 29.5 Å². The molecule has 0 amide bonds. The summed E-state index contributed by atoms with van der Waals surface area (Å²) < 4.78 is 69.4. The highest BCUT2D eigenvalue weighted by molar-refractivity contribution is 7.90. The third-order valence-electron chi connectivity index (χ3n) is 5.28. The Morgan fingerprint density at radius 1 is 1.16 bits per heavy atom. The molecule has 170 valence electrons. The largest absolute Gasteiger partial charge is 0.416 e. The van der Waals surface area contributed by atoms with E-state index in [1.54, 1.807) is 29.1 Å². The maximum absolute atomic E-state index is 12.7. The minimum Gasteiger partial charge on any atom is -0.370 e. The summed E-state index contributed by atoms with van der Waals surface area (Å²) in [6, 6.07) is 11.2. The molecule has 11 heteroatoms. The number of nitrogens with one attached hydrogen (secondary N) is 1. The van der Waals surface area contributed by atoms with E-state index in [4.69, 9.17) is 4.74 Å². The Labute approximate surface area is 183 Å². The van der Waals surface area contributed by atoms with Crippen molar-refractivity contribution in [1.29, 1.82) is 0 Å². The number of ether oxygens (including phenoxy) is 1. The van der Waals surface area contributed by atoms with Crippen molar-refractivity contribution in [2.75, 3.05) is 19.3 Å². The number of benzene rings is 2. The second kappa shape index (κ2) is 8.64. The third kappa shape index (κ3) is 5.00. The fourth-order valence-corrected chi connectivity index (χ4v) is 4.19. The highest BCUT2D eigenvalue weighted by atomic mass is 32.2. The molecule has 0 bridgehead atoms. The molecular weight excluding hydrogens is 445 g/mol. The predicted molar refractivity (Wildman–Crippen MR) is 110 cm³/mol. The summed E-state index contributed by atoms with van der Waals surface area (Å²) in [6.07, 6.45) is -1.75. The van der Waals surface area contributed by atoms with E-state index >= 15 is 0 Å². The van der Waals surface area contributed by atoms with Gasteiger partial charge in [0.15, 0.2) is 9.84 Å². The number of rotatable bonds is 6. The van der Waals surface area contributed by atoms with Crippen molar-refractivity contribution in [1.82, 2.24) is 20.3 Å². The Morgan fingerprint density at radius 2 is 1.91 bits per heavy atom. The van der Waals surface area contributed by atoms with Crippen molar-refractivity contribution in [3.63, 3.8) is 0 Å². The normalized spacial score (nSPS) is 19.4. The zero-order chi connectivity index (χ0) is 22.9. The van der Waals surface area contributed by atoms with Gasteiger partial charge in [0.25, 0.3) is 0 Å². The van der Waals surface area contributed by atoms with Crippen molar-refractivity contribution in [3.8, 4) is 11.3 Å². The van der Waals surface area contributed by atoms with Crippen molar-refractivity contribution in [2.45, 2.75) is 29.8 Å². The molecular formula is C21H21F3N4O3S. The number of hydrogen-bond donors (Lipinski definition) is 1. The fourth-order valence-electron chi connectivity index (χ4n) is 3.53. The van der Waals surface area contributed by atoms with Crippen LogP contribution in [0.4, 0.5) is 13.2 Å². The quantitative estimate of drug-likeness (QED) is 0.601. The SMILES string of the molecule is CS(=O)(=O)c1cccc(-c2cn([C@@H]3CNC[C@H]3OCc3ccc(C(F)(F)F)cc3)nn2)c1. The van der Waals surface area contributed by atoms with Crippen LogP contribution in [-0.2, 0) is 27.4 Å². The van der Waals surface area contributed by atoms with E-state index in [9.17, 15) is 21.6 Å². The van der Waals surface area contributed by atoms with Crippen LogP contribution >= 0.6 is 0 Å². The van der Waals surface area contributed by atoms with Crippen molar-refractivity contribution >= 4 is 9.84 Å². The highest BCUT2D eigenvalue weighted by Gasteiger charge is 2.32. The van der Waals surface area contributed by atoms with Crippen LogP contribution in [0.3, 0.4) is 0 Å². The summed E-state index contributed by atoms with van der Waals surface area (Å²) in [5, 5.41) is 11.6. The van der Waals surface area contributed by atoms with Crippen LogP contribution in [0.25, 0.3) is 11.3 Å². The minimum absolute atomic E-state index is 0.163. The molecule has 2 atom stereocenters. The zero-order valence-corrected chi connectivity index (χ0v) is 17.9. The molecule has 0 radical (unpaired) electrons. The van der Waals surface area contributed by atoms with Crippen LogP contribution < -0.4 is 5.32 Å². The van der Waals surface area contributed by atoms with Crippen molar-refractivity contribution < 1.29 is 26.3 Å². The van der Waals surface area contributed by atoms with Crippen LogP contribution in [0.5, 0.6) is 0 Å². The zero-order valence-electron chi connectivity index (χ0n) is 17.1. The van der Waals surface area contributed by atoms with E-state index in [0.29, 0.717) is 29.9 Å². The summed E-state index contributed by atoms with van der Waals surface area (Å²) >= 11 is 0. The Kier molecular flexibility index (Phi) is 6.06. The first kappa shape index (κ1) is 22.4. The molecule has 2 aromatic carbocycles. The van der Waals surface area contributed by atoms with Crippen LogP contribution in [0.1, 0.15) is 17.2 Å². The number of alkyl halides is 3. The molecule has 0 spiro atoms. The Balaban J connectivity index is 1.45. The second-order valence-electron chi connectivity index (χ2n) is 7.65. The molecule has 2 heterocycles. The molecule has 1 fully saturated rings. The number of halogens is 3. The van der Waals surface area contributed by atoms with Gasteiger partial charge in [0, 0.05) is 24.9 Å². The second-order valence-corrected chi connectivity index (χ2v) is 9.67. The van der Waals surface area contributed by atoms with Gasteiger partial charge in [-0.25, -0.2) is 13.1 Å². The van der Waals surface area contributed by atoms with Gasteiger partial charge in [0.05, 0.1) is 35.4 Å². The lowest BCUT2D eigenvalue weighted by Gasteiger charge is -2.19. The van der Waals surface area contributed by atoms with Gasteiger partial charge in [-0.2, -0.15) is 13.2 Å². The van der Waals surface area contributed by atoms with Gasteiger partial charge < -0.3 is 10.1 Å². The minimum atomic E-state index is -4.37. The first-order valence-electron chi connectivity index (χ1n) is 9.82. The van der Waals surface area contributed by atoms with E-state index in [1.807, 2.05) is 0 Å². The molecule has 1 N–H and O–H groups in total. The Hall–Kier alpha value is -2.76. The van der Waals surface area contributed by atoms with Crippen LogP contribution in [0.15, 0.2) is 59.6 Å². The van der Waals surface area contributed by atoms with Gasteiger partial charge in [0.2, 0.25) is 0 Å². The fraction of sp³-hybridized carbons (Fsp3) is 0.333. The molecule has 3 aromatic rings. The van der Waals surface area contributed by atoms with Crippen molar-refractivity contribution in [3.05, 3.63) is 65.9 Å². The van der Waals surface area contributed by atoms with E-state index < -0.39 is 21.6 Å². The van der Waals surface area contributed by atoms with Gasteiger partial charge in [0.1, 0.15) is 5.69 Å². The van der Waals surface area contributed by atoms with Gasteiger partial charge >= 0.3 is 6.18 Å². The Bertz CT molecular complexity index is 1190. The molecule has 0 unspecified atom stereocenters. The molecule has 1 aliphatic rings. The van der Waals surface area contributed by atoms with Crippen molar-refractivity contribution in [2.24, 2.45) is 0 Å². The van der Waals surface area contributed by atoms with E-state index in [1.165, 1.54) is 18.2 Å². The van der Waals surface area contributed by atoms with E-state index in [0.717, 1.165) is 18.4 Å². The monoisotopic (exact) mass is 466 g/mol. The standard InChI is InChI=1S/C21H21F3N4O3S/c1-32(29,30)17-4-2-3-15(9-17)18-12-28(27-26-18)19-10-25-11-20(19)31-13-14-5-7-16(8-6-14)21(22,23)24/h2-9,12,19-20,25H,10-11,13H2,1H3/t19-,20-/m1/s1. The van der Waals surface area contributed by atoms with Crippen LogP contribution in [-0.4, -0.2) is 48.9 Å². The summed E-state index contributed by atoms with van der Waals surface area (Å²) in [5.74, 6) is 0. The number of sulfone groups is 1. The first-order chi connectivity index (χ1) is 15.1. The first-order valence-corrected chi connectivity index (χ1v) is 11.7. The summed E-state index contributed by atoms with van der Waals surface area (Å²) in [6.45, 7) is 1.31. The maximum atomic E-state index is 12.7. The number of hydrogen-bond acceptors (Lipinski definition) is 6. The lowest BCUT2D eigenvalue weighted by atomic mass is 10.1. The molecule has 4 rings (SSSR count). The van der Waals surface area contributed by atoms with E-state index in [2.05, 4.69) is 15.6 Å². The van der Waals surface area contributed by atoms with E-state index in [-0.39, 0.29) is 23.6 Å². The van der Waals surface area contributed by atoms with Crippen LogP contribution in [0.2, 0.25) is 0 Å². The number of nitrogens with zero attached hydrogens (tertiary/aromatic N) is 3. The maximum Gasteiger partial charge on any atom is 0.416 e. The molecule has 1 aliphatic heterocycles. The highest BCUT2D eigenvalue weighted by Crippen LogP contribution is 2.29. The lowest BCUT2D eigenvalue weighted by molar-refractivity contribution is -0.137. The van der Waals surface area contributed by atoms with Crippen LogP contribution in [0, 0.1) is 0 Å². The molecule has 1 aromatic heterocycles. The van der Waals surface area contributed by atoms with Gasteiger partial charge in [-0.3, -0.25) is 0 Å². The third-order valence-corrected chi connectivity index (χ3v) is 6.39. The number of aromatic nitrogens is 3. The average Bonchev–Trinajstić information content (AvgIpc) is 3.41. The molecule has 0 aliphatic carbocycles. The molecule has 32 heavy (non-hydrogen) atoms. The topological polar surface area (TPSA) is 86.1 Å². The molecule has 7 nitrogen and oxygen atoms in total. The van der Waals surface area contributed by atoms with Gasteiger partial charge in [-0.05, 0) is 29.8 Å². The Morgan fingerprint density at radius 3 is 2.59 bits per heavy atom. The van der Waals surface area contributed by atoms with Gasteiger partial charge in [-0.15, -0.1) is 5.10 Å². The summed E-state index contributed by atoms with van der Waals surface area (Å²) in [5.41, 5.74) is 1.11. The summed E-state index contributed by atoms with van der Waals surface area (Å²) in [7, 11) is -3.34. The summed E-state index contributed by atoms with van der Waals surface area (Å²) in [4.78, 5) is 0.199. The predicted octanol–water partition coefficient (Wildman–Crippen LogP) is 3.10. The molecule has 1 saturated heterocycles.